The first-order valence-electron chi connectivity index (χ1n) is 23.2. The van der Waals surface area contributed by atoms with E-state index in [1.165, 1.54) is 16.4 Å². The summed E-state index contributed by atoms with van der Waals surface area (Å²) in [5.74, 6) is 0.213. The molecule has 0 bridgehead atoms. The smallest absolute Gasteiger partial charge is 0.407 e. The van der Waals surface area contributed by atoms with Crippen molar-refractivity contribution < 1.29 is 40.9 Å². The lowest BCUT2D eigenvalue weighted by molar-refractivity contribution is -0.0907. The average molecular weight is 970 g/mol. The zero-order valence-electron chi connectivity index (χ0n) is 40.6. The van der Waals surface area contributed by atoms with Crippen LogP contribution >= 0.6 is 0 Å². The minimum Gasteiger partial charge on any atom is -0.443 e. The van der Waals surface area contributed by atoms with Gasteiger partial charge in [0.25, 0.3) is 0 Å². The van der Waals surface area contributed by atoms with Crippen LogP contribution < -0.4 is 21.7 Å². The topological polar surface area (TPSA) is 226 Å². The van der Waals surface area contributed by atoms with E-state index < -0.39 is 49.8 Å². The molecule has 0 aliphatic carbocycles. The molecule has 372 valence electrons. The summed E-state index contributed by atoms with van der Waals surface area (Å²) in [6.07, 6.45) is 0.650. The molecule has 4 unspecified atom stereocenters. The van der Waals surface area contributed by atoms with E-state index >= 15 is 0 Å². The van der Waals surface area contributed by atoms with Crippen LogP contribution in [0, 0.1) is 34.0 Å². The Labute approximate surface area is 400 Å². The second-order valence-corrected chi connectivity index (χ2v) is 23.3. The maximum Gasteiger partial charge on any atom is 0.407 e. The number of aliphatic hydroxyl groups is 1. The van der Waals surface area contributed by atoms with Gasteiger partial charge in [-0.2, -0.15) is 13.9 Å². The monoisotopic (exact) mass is 970 g/mol. The highest BCUT2D eigenvalue weighted by Crippen LogP contribution is 2.34. The number of fused-ring (bicyclic) bond motifs is 1. The Morgan fingerprint density at radius 2 is 1.43 bits per heavy atom. The summed E-state index contributed by atoms with van der Waals surface area (Å²) in [7, 11) is -4.11. The highest BCUT2D eigenvalue weighted by atomic mass is 32.2. The number of carbonyl (C=O) groups excluding carboxylic acids is 1. The van der Waals surface area contributed by atoms with Gasteiger partial charge in [-0.3, -0.25) is 0 Å². The van der Waals surface area contributed by atoms with Crippen LogP contribution in [0.1, 0.15) is 79.2 Å². The van der Waals surface area contributed by atoms with Gasteiger partial charge in [0.1, 0.15) is 6.10 Å². The van der Waals surface area contributed by atoms with Crippen molar-refractivity contribution >= 4 is 37.5 Å². The minimum absolute atomic E-state index is 0.0482. The molecule has 3 aromatic rings. The van der Waals surface area contributed by atoms with E-state index in [9.17, 15) is 26.7 Å². The van der Waals surface area contributed by atoms with Gasteiger partial charge in [0, 0.05) is 58.1 Å². The van der Waals surface area contributed by atoms with Crippen molar-refractivity contribution in [3.8, 4) is 6.07 Å². The van der Waals surface area contributed by atoms with Gasteiger partial charge in [-0.05, 0) is 97.4 Å². The number of amides is 1. The molecule has 0 spiro atoms. The second kappa shape index (κ2) is 25.3. The lowest BCUT2D eigenvalue weighted by Crippen LogP contribution is -2.52. The number of aliphatic hydroxyl groups excluding tert-OH is 1. The van der Waals surface area contributed by atoms with E-state index in [1.54, 1.807) is 48.7 Å². The predicted octanol–water partition coefficient (Wildman–Crippen LogP) is 6.65. The highest BCUT2D eigenvalue weighted by Gasteiger charge is 2.44. The normalized spacial score (nSPS) is 18.4. The molecule has 2 aliphatic rings. The van der Waals surface area contributed by atoms with Crippen LogP contribution in [0.3, 0.4) is 0 Å². The van der Waals surface area contributed by atoms with Crippen LogP contribution in [0.2, 0.25) is 0 Å². The number of nitrogens with one attached hydrogen (secondary N) is 3. The van der Waals surface area contributed by atoms with Crippen molar-refractivity contribution in [3.63, 3.8) is 0 Å². The molecular formula is C49H75N7O9S2. The van der Waals surface area contributed by atoms with Crippen molar-refractivity contribution in [1.29, 1.82) is 5.26 Å². The number of alkyl carbamates (subject to hydrolysis) is 1. The summed E-state index contributed by atoms with van der Waals surface area (Å²) in [5, 5.41) is 29.5. The average Bonchev–Trinajstić information content (AvgIpc) is 3.92. The molecule has 2 fully saturated rings. The van der Waals surface area contributed by atoms with Gasteiger partial charge in [-0.15, -0.1) is 0 Å². The Morgan fingerprint density at radius 3 is 1.97 bits per heavy atom. The number of ether oxygens (including phenoxy) is 3. The van der Waals surface area contributed by atoms with Crippen molar-refractivity contribution in [1.82, 2.24) is 13.9 Å². The number of hydrogen-bond acceptors (Lipinski definition) is 13. The van der Waals surface area contributed by atoms with Crippen LogP contribution in [0.15, 0.2) is 88.7 Å². The third-order valence-corrected chi connectivity index (χ3v) is 15.6. The van der Waals surface area contributed by atoms with Crippen LogP contribution in [0.4, 0.5) is 16.2 Å². The number of nitrogens with two attached hydrogens (primary N) is 1. The molecule has 0 aromatic heterocycles. The number of carbonyl (C=O) groups is 1. The lowest BCUT2D eigenvalue weighted by Gasteiger charge is -2.35. The van der Waals surface area contributed by atoms with Crippen molar-refractivity contribution in [3.05, 3.63) is 84.4 Å². The highest BCUT2D eigenvalue weighted by molar-refractivity contribution is 7.89. The van der Waals surface area contributed by atoms with Crippen LogP contribution in [0.5, 0.6) is 0 Å². The first-order valence-corrected chi connectivity index (χ1v) is 26.1. The van der Waals surface area contributed by atoms with Gasteiger partial charge < -0.3 is 41.0 Å². The third-order valence-electron chi connectivity index (χ3n) is 12.0. The molecule has 16 nitrogen and oxygen atoms in total. The molecule has 6 N–H and O–H groups in total. The summed E-state index contributed by atoms with van der Waals surface area (Å²) < 4.78 is 74.0. The van der Waals surface area contributed by atoms with E-state index in [0.29, 0.717) is 43.2 Å². The number of sulfonamides is 2. The van der Waals surface area contributed by atoms with E-state index in [0.717, 1.165) is 30.5 Å². The van der Waals surface area contributed by atoms with Crippen molar-refractivity contribution in [2.75, 3.05) is 70.7 Å². The molecule has 18 heteroatoms. The fourth-order valence-electron chi connectivity index (χ4n) is 8.27. The van der Waals surface area contributed by atoms with E-state index in [4.69, 9.17) is 25.2 Å². The Balaban J connectivity index is 0.000000346. The van der Waals surface area contributed by atoms with Gasteiger partial charge in [-0.25, -0.2) is 21.6 Å². The summed E-state index contributed by atoms with van der Waals surface area (Å²) in [4.78, 5) is 13.5. The van der Waals surface area contributed by atoms with Crippen LogP contribution in [-0.2, 0) is 40.7 Å². The van der Waals surface area contributed by atoms with Gasteiger partial charge in [0.15, 0.2) is 6.29 Å². The van der Waals surface area contributed by atoms with Crippen LogP contribution in [0.25, 0.3) is 0 Å². The third kappa shape index (κ3) is 16.7. The summed E-state index contributed by atoms with van der Waals surface area (Å²) in [6, 6.07) is 24.0. The SMILES string of the molecule is CNc1cccc(S(=O)(=O)N(CC(C)C)CC(C)(C)CCCN)c1.CNc1cccc(S(=O)(=O)N(CC(O)[C@H](Cc2ccccc2)NC(=O)OC2COC3OCCC23)CC(C)(C)CCC#N)c1. The number of nitriles is 1. The summed E-state index contributed by atoms with van der Waals surface area (Å²) in [5.41, 5.74) is 7.22. The number of rotatable bonds is 24. The van der Waals surface area contributed by atoms with E-state index in [-0.39, 0.29) is 61.0 Å². The molecule has 67 heavy (non-hydrogen) atoms. The molecular weight excluding hydrogens is 895 g/mol. The molecule has 3 aromatic carbocycles. The fourth-order valence-corrected chi connectivity index (χ4v) is 11.8. The Morgan fingerprint density at radius 1 is 0.866 bits per heavy atom. The fraction of sp³-hybridized carbons (Fsp3) is 0.592. The Kier molecular flexibility index (Phi) is 20.9. The number of anilines is 2. The molecule has 0 saturated carbocycles. The summed E-state index contributed by atoms with van der Waals surface area (Å²) in [6.45, 7) is 14.3. The standard InChI is InChI=1S/C31H42N4O7S.C18H33N3O2S/c1-31(2,14-8-15-32)21-35(43(38,39)24-12-7-11-23(18-24)33-3)19-27(36)26(17-22-9-5-4-6-10-22)34-30(37)42-28-20-41-29-25(28)13-16-40-29;1-15(2)13-21(14-18(3,4)10-7-11-19)24(22,23)17-9-6-8-16(12-17)20-5/h4-7,9-12,18,25-29,33,36H,8,13-14,16-17,19-21H2,1-3H3,(H,34,37);6,8-9,12,15,20H,7,10-11,13-14,19H2,1-5H3/t25?,26-,27?,28?,29?;/m0./s1. The maximum atomic E-state index is 14.0. The molecule has 5 atom stereocenters. The molecule has 1 amide bonds. The zero-order valence-corrected chi connectivity index (χ0v) is 42.2. The largest absolute Gasteiger partial charge is 0.443 e. The van der Waals surface area contributed by atoms with Gasteiger partial charge in [-0.1, -0.05) is 84.0 Å². The van der Waals surface area contributed by atoms with Crippen molar-refractivity contribution in [2.45, 2.75) is 114 Å². The van der Waals surface area contributed by atoms with E-state index in [2.05, 4.69) is 35.9 Å². The second-order valence-electron chi connectivity index (χ2n) is 19.4. The zero-order chi connectivity index (χ0) is 49.4. The van der Waals surface area contributed by atoms with Gasteiger partial charge >= 0.3 is 6.09 Å². The molecule has 2 aliphatic heterocycles. The number of nitrogens with zero attached hydrogens (tertiary/aromatic N) is 3. The first-order chi connectivity index (χ1) is 31.6. The lowest BCUT2D eigenvalue weighted by atomic mass is 9.87. The van der Waals surface area contributed by atoms with Crippen molar-refractivity contribution in [2.24, 2.45) is 28.4 Å². The molecule has 5 rings (SSSR count). The Hall–Kier alpha value is -4.32. The minimum atomic E-state index is -4.07. The predicted molar refractivity (Wildman–Crippen MR) is 262 cm³/mol. The summed E-state index contributed by atoms with van der Waals surface area (Å²) >= 11 is 0. The molecule has 2 heterocycles. The van der Waals surface area contributed by atoms with Gasteiger partial charge in [0.05, 0.1) is 47.1 Å². The molecule has 2 saturated heterocycles. The quantitative estimate of drug-likeness (QED) is 0.0635. The number of benzene rings is 3. The maximum absolute atomic E-state index is 14.0. The van der Waals surface area contributed by atoms with E-state index in [1.807, 2.05) is 64.1 Å². The molecule has 0 radical (unpaired) electrons. The number of hydrogen-bond donors (Lipinski definition) is 5. The Bertz CT molecular complexity index is 2270. The van der Waals surface area contributed by atoms with Gasteiger partial charge in [0.2, 0.25) is 20.0 Å². The van der Waals surface area contributed by atoms with Crippen LogP contribution in [-0.4, -0.2) is 121 Å². The first kappa shape index (κ1) is 55.3.